The minimum Gasteiger partial charge on any atom is -0.385 e. The molecule has 4 rings (SSSR count). The third kappa shape index (κ3) is 4.64. The Morgan fingerprint density at radius 2 is 1.61 bits per heavy atom. The largest absolute Gasteiger partial charge is 0.385 e. The number of hydrogen-bond acceptors (Lipinski definition) is 5. The van der Waals surface area contributed by atoms with E-state index in [0.29, 0.717) is 30.8 Å². The second-order valence-corrected chi connectivity index (χ2v) is 7.94. The van der Waals surface area contributed by atoms with Gasteiger partial charge in [0.1, 0.15) is 5.70 Å². The lowest BCUT2D eigenvalue weighted by molar-refractivity contribution is -0.136. The van der Waals surface area contributed by atoms with Gasteiger partial charge >= 0.3 is 0 Å². The first-order valence-electron chi connectivity index (χ1n) is 11.0. The van der Waals surface area contributed by atoms with Gasteiger partial charge in [0.15, 0.2) is 0 Å². The fourth-order valence-corrected chi connectivity index (χ4v) is 4.19. The Labute approximate surface area is 183 Å². The van der Waals surface area contributed by atoms with E-state index in [-0.39, 0.29) is 11.8 Å². The van der Waals surface area contributed by atoms with Crippen LogP contribution in [-0.4, -0.2) is 50.1 Å². The molecule has 31 heavy (non-hydrogen) atoms. The van der Waals surface area contributed by atoms with Gasteiger partial charge in [0, 0.05) is 44.7 Å². The van der Waals surface area contributed by atoms with Crippen LogP contribution in [0.1, 0.15) is 31.2 Å². The van der Waals surface area contributed by atoms with Crippen LogP contribution in [0.25, 0.3) is 5.57 Å². The standard InChI is InChI=1S/C25H29N3O3/c1-31-18-8-17-28-24(29)22(19-9-4-2-5-10-19)23(25(28)30)26-20-11-13-21(14-12-20)27-15-6-3-7-16-27/h2,4-5,9-14,26H,3,6-8,15-18H2,1H3. The molecule has 162 valence electrons. The molecule has 1 fully saturated rings. The van der Waals surface area contributed by atoms with Gasteiger partial charge in [-0.3, -0.25) is 14.5 Å². The normalized spacial score (nSPS) is 16.9. The lowest BCUT2D eigenvalue weighted by Crippen LogP contribution is -2.33. The summed E-state index contributed by atoms with van der Waals surface area (Å²) < 4.78 is 5.08. The Morgan fingerprint density at radius 1 is 0.903 bits per heavy atom. The highest BCUT2D eigenvalue weighted by Gasteiger charge is 2.38. The van der Waals surface area contributed by atoms with E-state index >= 15 is 0 Å². The van der Waals surface area contributed by atoms with Crippen molar-refractivity contribution >= 4 is 28.8 Å². The van der Waals surface area contributed by atoms with Gasteiger partial charge in [-0.1, -0.05) is 30.3 Å². The van der Waals surface area contributed by atoms with E-state index in [2.05, 4.69) is 22.3 Å². The Kier molecular flexibility index (Phi) is 6.67. The number of benzene rings is 2. The molecule has 0 unspecified atom stereocenters. The number of amides is 2. The SMILES string of the molecule is COCCCN1C(=O)C(Nc2ccc(N3CCCCC3)cc2)=C(c2ccccc2)C1=O. The van der Waals surface area contributed by atoms with E-state index in [1.807, 2.05) is 42.5 Å². The van der Waals surface area contributed by atoms with Crippen LogP contribution in [-0.2, 0) is 14.3 Å². The zero-order valence-corrected chi connectivity index (χ0v) is 18.0. The Balaban J connectivity index is 1.59. The van der Waals surface area contributed by atoms with Crippen molar-refractivity contribution in [1.29, 1.82) is 0 Å². The van der Waals surface area contributed by atoms with Gasteiger partial charge in [0.05, 0.1) is 5.57 Å². The number of hydrogen-bond donors (Lipinski definition) is 1. The zero-order valence-electron chi connectivity index (χ0n) is 18.0. The monoisotopic (exact) mass is 419 g/mol. The van der Waals surface area contributed by atoms with Crippen LogP contribution in [0.15, 0.2) is 60.3 Å². The van der Waals surface area contributed by atoms with Gasteiger partial charge < -0.3 is 15.0 Å². The maximum Gasteiger partial charge on any atom is 0.278 e. The fraction of sp³-hybridized carbons (Fsp3) is 0.360. The smallest absolute Gasteiger partial charge is 0.278 e. The van der Waals surface area contributed by atoms with Gasteiger partial charge in [-0.25, -0.2) is 0 Å². The molecule has 0 aliphatic carbocycles. The summed E-state index contributed by atoms with van der Waals surface area (Å²) in [6.45, 7) is 3.00. The summed E-state index contributed by atoms with van der Waals surface area (Å²) in [7, 11) is 1.61. The number of nitrogens with one attached hydrogen (secondary N) is 1. The third-order valence-electron chi connectivity index (χ3n) is 5.82. The average Bonchev–Trinajstić information content (AvgIpc) is 3.05. The van der Waals surface area contributed by atoms with Gasteiger partial charge in [-0.2, -0.15) is 0 Å². The van der Waals surface area contributed by atoms with Crippen molar-refractivity contribution in [3.8, 4) is 0 Å². The summed E-state index contributed by atoms with van der Waals surface area (Å²) in [5.41, 5.74) is 3.48. The van der Waals surface area contributed by atoms with Crippen molar-refractivity contribution in [2.45, 2.75) is 25.7 Å². The van der Waals surface area contributed by atoms with Crippen molar-refractivity contribution in [2.75, 3.05) is 43.6 Å². The molecule has 1 saturated heterocycles. The summed E-state index contributed by atoms with van der Waals surface area (Å²) >= 11 is 0. The van der Waals surface area contributed by atoms with Gasteiger partial charge in [-0.15, -0.1) is 0 Å². The number of anilines is 2. The molecule has 2 heterocycles. The molecule has 0 aromatic heterocycles. The first kappa shape index (κ1) is 21.1. The summed E-state index contributed by atoms with van der Waals surface area (Å²) in [6, 6.07) is 17.5. The predicted molar refractivity (Wildman–Crippen MR) is 123 cm³/mol. The molecule has 0 radical (unpaired) electrons. The fourth-order valence-electron chi connectivity index (χ4n) is 4.19. The highest BCUT2D eigenvalue weighted by Crippen LogP contribution is 2.31. The van der Waals surface area contributed by atoms with Crippen LogP contribution in [0, 0.1) is 0 Å². The molecule has 0 saturated carbocycles. The maximum absolute atomic E-state index is 13.1. The molecule has 0 atom stereocenters. The van der Waals surface area contributed by atoms with Crippen LogP contribution in [0.4, 0.5) is 11.4 Å². The van der Waals surface area contributed by atoms with Crippen molar-refractivity contribution in [3.63, 3.8) is 0 Å². The van der Waals surface area contributed by atoms with E-state index in [0.717, 1.165) is 24.3 Å². The van der Waals surface area contributed by atoms with Gasteiger partial charge in [0.25, 0.3) is 11.8 Å². The van der Waals surface area contributed by atoms with Crippen LogP contribution >= 0.6 is 0 Å². The second-order valence-electron chi connectivity index (χ2n) is 7.94. The summed E-state index contributed by atoms with van der Waals surface area (Å²) in [4.78, 5) is 30.0. The molecule has 6 heteroatoms. The number of methoxy groups -OCH3 is 1. The number of ether oxygens (including phenoxy) is 1. The minimum absolute atomic E-state index is 0.264. The molecule has 2 aromatic carbocycles. The third-order valence-corrected chi connectivity index (χ3v) is 5.82. The van der Waals surface area contributed by atoms with Crippen molar-refractivity contribution in [2.24, 2.45) is 0 Å². The van der Waals surface area contributed by atoms with Crippen molar-refractivity contribution in [1.82, 2.24) is 4.90 Å². The lowest BCUT2D eigenvalue weighted by Gasteiger charge is -2.28. The van der Waals surface area contributed by atoms with Crippen LogP contribution in [0.5, 0.6) is 0 Å². The van der Waals surface area contributed by atoms with E-state index in [1.165, 1.54) is 29.8 Å². The highest BCUT2D eigenvalue weighted by atomic mass is 16.5. The molecular formula is C25H29N3O3. The number of nitrogens with zero attached hydrogens (tertiary/aromatic N) is 2. The number of rotatable bonds is 8. The molecular weight excluding hydrogens is 390 g/mol. The summed E-state index contributed by atoms with van der Waals surface area (Å²) in [5.74, 6) is -0.556. The summed E-state index contributed by atoms with van der Waals surface area (Å²) in [5, 5.41) is 3.24. The Morgan fingerprint density at radius 3 is 2.29 bits per heavy atom. The predicted octanol–water partition coefficient (Wildman–Crippen LogP) is 3.91. The average molecular weight is 420 g/mol. The van der Waals surface area contributed by atoms with E-state index < -0.39 is 0 Å². The molecule has 2 amide bonds. The van der Waals surface area contributed by atoms with Crippen molar-refractivity contribution in [3.05, 3.63) is 65.9 Å². The first-order chi connectivity index (χ1) is 15.2. The second kappa shape index (κ2) is 9.79. The highest BCUT2D eigenvalue weighted by molar-refractivity contribution is 6.36. The van der Waals surface area contributed by atoms with Crippen LogP contribution < -0.4 is 10.2 Å². The minimum atomic E-state index is -0.292. The molecule has 2 aliphatic rings. The van der Waals surface area contributed by atoms with E-state index in [9.17, 15) is 9.59 Å². The number of piperidine rings is 1. The first-order valence-corrected chi connectivity index (χ1v) is 11.0. The molecule has 6 nitrogen and oxygen atoms in total. The quantitative estimate of drug-likeness (QED) is 0.519. The van der Waals surface area contributed by atoms with Crippen molar-refractivity contribution < 1.29 is 14.3 Å². The Hall–Kier alpha value is -3.12. The van der Waals surface area contributed by atoms with E-state index in [4.69, 9.17) is 4.74 Å². The topological polar surface area (TPSA) is 61.9 Å². The maximum atomic E-state index is 13.1. The summed E-state index contributed by atoms with van der Waals surface area (Å²) in [6.07, 6.45) is 4.35. The molecule has 1 N–H and O–H groups in total. The molecule has 2 aliphatic heterocycles. The van der Waals surface area contributed by atoms with Gasteiger partial charge in [-0.05, 0) is 55.5 Å². The molecule has 0 bridgehead atoms. The number of imide groups is 1. The number of carbonyl (C=O) groups excluding carboxylic acids is 2. The molecule has 0 spiro atoms. The van der Waals surface area contributed by atoms with Crippen LogP contribution in [0.2, 0.25) is 0 Å². The van der Waals surface area contributed by atoms with Gasteiger partial charge in [0.2, 0.25) is 0 Å². The number of carbonyl (C=O) groups is 2. The van der Waals surface area contributed by atoms with E-state index in [1.54, 1.807) is 7.11 Å². The zero-order chi connectivity index (χ0) is 21.6. The van der Waals surface area contributed by atoms with Crippen LogP contribution in [0.3, 0.4) is 0 Å². The molecule has 2 aromatic rings. The Bertz CT molecular complexity index is 948. The lowest BCUT2D eigenvalue weighted by atomic mass is 10.0.